The molecule has 2 amide bonds. The molecule has 11 heteroatoms. The standard InChI is InChI=1S/C26H34F3N5O3/c1-5-16(2)20-8-19(9-21(10-20)26(27,28)29)15-37-25(36)32-6-7-33-22(14-32)11-23(31-33)24(35)34-17(3)12-30-13-18(34)4/h8-11,16-18,30H,5-7,12-15H2,1-4H3. The third-order valence-electron chi connectivity index (χ3n) is 7.23. The van der Waals surface area contributed by atoms with Crippen molar-refractivity contribution in [2.75, 3.05) is 19.6 Å². The zero-order chi connectivity index (χ0) is 26.9. The van der Waals surface area contributed by atoms with E-state index in [-0.39, 0.29) is 37.1 Å². The number of hydrogen-bond donors (Lipinski definition) is 1. The van der Waals surface area contributed by atoms with Crippen LogP contribution in [0.2, 0.25) is 0 Å². The van der Waals surface area contributed by atoms with Crippen molar-refractivity contribution >= 4 is 12.0 Å². The van der Waals surface area contributed by atoms with E-state index in [9.17, 15) is 22.8 Å². The van der Waals surface area contributed by atoms with Crippen molar-refractivity contribution in [2.45, 2.75) is 78.0 Å². The van der Waals surface area contributed by atoms with E-state index in [1.54, 1.807) is 16.8 Å². The highest BCUT2D eigenvalue weighted by molar-refractivity contribution is 5.93. The van der Waals surface area contributed by atoms with Gasteiger partial charge >= 0.3 is 12.3 Å². The first-order chi connectivity index (χ1) is 17.5. The van der Waals surface area contributed by atoms with E-state index < -0.39 is 17.8 Å². The van der Waals surface area contributed by atoms with Gasteiger partial charge in [-0.1, -0.05) is 19.9 Å². The SMILES string of the molecule is CCC(C)c1cc(COC(=O)N2CCn3nc(C(=O)N4C(C)CNCC4C)cc3C2)cc(C(F)(F)F)c1. The Kier molecular flexibility index (Phi) is 7.82. The Bertz CT molecular complexity index is 1140. The van der Waals surface area contributed by atoms with Crippen molar-refractivity contribution in [1.82, 2.24) is 24.9 Å². The van der Waals surface area contributed by atoms with E-state index >= 15 is 0 Å². The highest BCUT2D eigenvalue weighted by Gasteiger charge is 2.33. The van der Waals surface area contributed by atoms with Crippen LogP contribution in [0.1, 0.15) is 72.9 Å². The number of halogens is 3. The summed E-state index contributed by atoms with van der Waals surface area (Å²) in [6.07, 6.45) is -4.41. The van der Waals surface area contributed by atoms with Crippen molar-refractivity contribution in [3.8, 4) is 0 Å². The average molecular weight is 522 g/mol. The largest absolute Gasteiger partial charge is 0.445 e. The number of amides is 2. The van der Waals surface area contributed by atoms with Crippen LogP contribution in [0.15, 0.2) is 24.3 Å². The van der Waals surface area contributed by atoms with Gasteiger partial charge in [-0.25, -0.2) is 4.79 Å². The Labute approximate surface area is 214 Å². The number of benzene rings is 1. The lowest BCUT2D eigenvalue weighted by molar-refractivity contribution is -0.137. The molecule has 1 fully saturated rings. The molecule has 3 heterocycles. The van der Waals surface area contributed by atoms with E-state index in [4.69, 9.17) is 4.74 Å². The molecule has 8 nitrogen and oxygen atoms in total. The molecule has 0 saturated carbocycles. The number of alkyl halides is 3. The molecule has 0 radical (unpaired) electrons. The summed E-state index contributed by atoms with van der Waals surface area (Å²) in [4.78, 5) is 29.2. The van der Waals surface area contributed by atoms with E-state index in [0.29, 0.717) is 55.1 Å². The summed E-state index contributed by atoms with van der Waals surface area (Å²) in [6, 6.07) is 5.63. The minimum Gasteiger partial charge on any atom is -0.445 e. The van der Waals surface area contributed by atoms with E-state index in [1.807, 2.05) is 32.6 Å². The molecular formula is C26H34F3N5O3. The first-order valence-electron chi connectivity index (χ1n) is 12.7. The van der Waals surface area contributed by atoms with E-state index in [2.05, 4.69) is 10.4 Å². The number of carbonyl (C=O) groups is 2. The van der Waals surface area contributed by atoms with Gasteiger partial charge in [0.2, 0.25) is 0 Å². The van der Waals surface area contributed by atoms with Crippen molar-refractivity contribution < 1.29 is 27.5 Å². The number of aromatic nitrogens is 2. The topological polar surface area (TPSA) is 79.7 Å². The monoisotopic (exact) mass is 521 g/mol. The van der Waals surface area contributed by atoms with Crippen LogP contribution in [0.25, 0.3) is 0 Å². The molecule has 0 bridgehead atoms. The van der Waals surface area contributed by atoms with Gasteiger partial charge in [-0.2, -0.15) is 18.3 Å². The predicted octanol–water partition coefficient (Wildman–Crippen LogP) is 4.39. The first kappa shape index (κ1) is 27.0. The number of ether oxygens (including phenoxy) is 1. The van der Waals surface area contributed by atoms with Gasteiger partial charge in [0.25, 0.3) is 5.91 Å². The average Bonchev–Trinajstić information content (AvgIpc) is 3.29. The van der Waals surface area contributed by atoms with Crippen LogP contribution in [0, 0.1) is 0 Å². The van der Waals surface area contributed by atoms with Gasteiger partial charge in [-0.3, -0.25) is 9.48 Å². The Morgan fingerprint density at radius 3 is 2.49 bits per heavy atom. The number of hydrogen-bond acceptors (Lipinski definition) is 5. The molecular weight excluding hydrogens is 487 g/mol. The maximum atomic E-state index is 13.4. The smallest absolute Gasteiger partial charge is 0.416 e. The van der Waals surface area contributed by atoms with Crippen LogP contribution in [-0.2, 0) is 30.6 Å². The van der Waals surface area contributed by atoms with Crippen LogP contribution in [0.5, 0.6) is 0 Å². The number of rotatable bonds is 5. The van der Waals surface area contributed by atoms with Crippen molar-refractivity contribution in [3.63, 3.8) is 0 Å². The molecule has 3 atom stereocenters. The minimum absolute atomic E-state index is 0.0399. The normalized spacial score (nSPS) is 20.9. The zero-order valence-electron chi connectivity index (χ0n) is 21.6. The molecule has 2 aliphatic heterocycles. The second-order valence-corrected chi connectivity index (χ2v) is 10.1. The quantitative estimate of drug-likeness (QED) is 0.632. The lowest BCUT2D eigenvalue weighted by atomic mass is 9.94. The Balaban J connectivity index is 1.42. The number of nitrogens with zero attached hydrogens (tertiary/aromatic N) is 4. The molecule has 3 unspecified atom stereocenters. The summed E-state index contributed by atoms with van der Waals surface area (Å²) in [7, 11) is 0. The van der Waals surface area contributed by atoms with Crippen LogP contribution in [-0.4, -0.2) is 63.3 Å². The van der Waals surface area contributed by atoms with Crippen molar-refractivity contribution in [2.24, 2.45) is 0 Å². The van der Waals surface area contributed by atoms with E-state index in [1.165, 1.54) is 4.90 Å². The molecule has 202 valence electrons. The zero-order valence-corrected chi connectivity index (χ0v) is 21.6. The van der Waals surface area contributed by atoms with Crippen LogP contribution in [0.4, 0.5) is 18.0 Å². The lowest BCUT2D eigenvalue weighted by Crippen LogP contribution is -2.57. The van der Waals surface area contributed by atoms with Gasteiger partial charge in [0.15, 0.2) is 5.69 Å². The van der Waals surface area contributed by atoms with Crippen molar-refractivity contribution in [3.05, 3.63) is 52.3 Å². The molecule has 0 aliphatic carbocycles. The number of fused-ring (bicyclic) bond motifs is 1. The molecule has 1 aromatic carbocycles. The predicted molar refractivity (Wildman–Crippen MR) is 131 cm³/mol. The van der Waals surface area contributed by atoms with Gasteiger partial charge in [-0.05, 0) is 55.5 Å². The highest BCUT2D eigenvalue weighted by Crippen LogP contribution is 2.33. The molecule has 2 aliphatic rings. The van der Waals surface area contributed by atoms with E-state index in [0.717, 1.165) is 12.1 Å². The molecule has 1 saturated heterocycles. The maximum Gasteiger partial charge on any atom is 0.416 e. The minimum atomic E-state index is -4.48. The molecule has 1 N–H and O–H groups in total. The Morgan fingerprint density at radius 1 is 1.14 bits per heavy atom. The summed E-state index contributed by atoms with van der Waals surface area (Å²) in [6.45, 7) is 9.85. The fraction of sp³-hybridized carbons (Fsp3) is 0.577. The first-order valence-corrected chi connectivity index (χ1v) is 12.7. The summed E-state index contributed by atoms with van der Waals surface area (Å²) < 4.78 is 47.4. The number of carbonyl (C=O) groups excluding carboxylic acids is 2. The van der Waals surface area contributed by atoms with Gasteiger partial charge in [-0.15, -0.1) is 0 Å². The maximum absolute atomic E-state index is 13.4. The van der Waals surface area contributed by atoms with Gasteiger partial charge < -0.3 is 19.9 Å². The second-order valence-electron chi connectivity index (χ2n) is 10.1. The molecule has 37 heavy (non-hydrogen) atoms. The third-order valence-corrected chi connectivity index (χ3v) is 7.23. The van der Waals surface area contributed by atoms with Crippen LogP contribution in [0.3, 0.4) is 0 Å². The third kappa shape index (κ3) is 5.92. The summed E-state index contributed by atoms with van der Waals surface area (Å²) >= 11 is 0. The summed E-state index contributed by atoms with van der Waals surface area (Å²) in [5.74, 6) is -0.192. The summed E-state index contributed by atoms with van der Waals surface area (Å²) in [5.41, 5.74) is 1.17. The van der Waals surface area contributed by atoms with Gasteiger partial charge in [0.1, 0.15) is 6.61 Å². The molecule has 4 rings (SSSR count). The highest BCUT2D eigenvalue weighted by atomic mass is 19.4. The fourth-order valence-electron chi connectivity index (χ4n) is 4.91. The molecule has 1 aromatic heterocycles. The lowest BCUT2D eigenvalue weighted by Gasteiger charge is -2.39. The molecule has 0 spiro atoms. The fourth-order valence-corrected chi connectivity index (χ4v) is 4.91. The molecule has 2 aromatic rings. The number of piperazine rings is 1. The van der Waals surface area contributed by atoms with Crippen molar-refractivity contribution in [1.29, 1.82) is 0 Å². The summed E-state index contributed by atoms with van der Waals surface area (Å²) in [5, 5.41) is 7.77. The van der Waals surface area contributed by atoms with Gasteiger partial charge in [0.05, 0.1) is 24.3 Å². The number of nitrogens with one attached hydrogen (secondary N) is 1. The second kappa shape index (κ2) is 10.7. The van der Waals surface area contributed by atoms with Crippen LogP contribution < -0.4 is 5.32 Å². The van der Waals surface area contributed by atoms with Gasteiger partial charge in [0, 0.05) is 31.7 Å². The van der Waals surface area contributed by atoms with Crippen LogP contribution >= 0.6 is 0 Å². The Hall–Kier alpha value is -3.08. The Morgan fingerprint density at radius 2 is 1.84 bits per heavy atom.